The quantitative estimate of drug-likeness (QED) is 0.614. The van der Waals surface area contributed by atoms with Crippen LogP contribution in [0.1, 0.15) is 47.5 Å². The highest BCUT2D eigenvalue weighted by atomic mass is 32.1. The van der Waals surface area contributed by atoms with E-state index in [9.17, 15) is 4.79 Å². The van der Waals surface area contributed by atoms with Crippen molar-refractivity contribution in [1.82, 2.24) is 5.32 Å². The van der Waals surface area contributed by atoms with Crippen LogP contribution in [0.3, 0.4) is 0 Å². The lowest BCUT2D eigenvalue weighted by Gasteiger charge is -2.17. The monoisotopic (exact) mass is 379 g/mol. The fraction of sp³-hybridized carbons (Fsp3) is 0.261. The molecule has 140 valence electrons. The second-order valence-electron chi connectivity index (χ2n) is 6.73. The Bertz CT molecular complexity index is 829. The molecule has 0 aliphatic rings. The standard InChI is InChI=1S/C23H26N2OS/c1-3-18-11-13-19(14-12-18)17(2)25-22(26)16-24-23(21-10-7-15-27-21)20-8-5-4-6-9-20/h4-15,17,23-24H,3,16H2,1-2H3,(H,25,26)/p+1/t17-,23-/m0/s1. The van der Waals surface area contributed by atoms with Crippen LogP contribution in [0.15, 0.2) is 72.1 Å². The lowest BCUT2D eigenvalue weighted by Crippen LogP contribution is -2.87. The summed E-state index contributed by atoms with van der Waals surface area (Å²) in [6.45, 7) is 4.58. The van der Waals surface area contributed by atoms with E-state index in [0.717, 1.165) is 12.0 Å². The lowest BCUT2D eigenvalue weighted by molar-refractivity contribution is -0.676. The number of hydrogen-bond donors (Lipinski definition) is 2. The Morgan fingerprint density at radius 2 is 1.74 bits per heavy atom. The highest BCUT2D eigenvalue weighted by Gasteiger charge is 2.20. The molecule has 0 saturated heterocycles. The van der Waals surface area contributed by atoms with Crippen molar-refractivity contribution in [3.63, 3.8) is 0 Å². The first-order chi connectivity index (χ1) is 13.2. The first-order valence-corrected chi connectivity index (χ1v) is 10.3. The maximum Gasteiger partial charge on any atom is 0.275 e. The van der Waals surface area contributed by atoms with Crippen molar-refractivity contribution >= 4 is 17.2 Å². The number of quaternary nitrogens is 1. The fourth-order valence-electron chi connectivity index (χ4n) is 3.20. The summed E-state index contributed by atoms with van der Waals surface area (Å²) in [6, 6.07) is 23.2. The Morgan fingerprint density at radius 3 is 2.37 bits per heavy atom. The summed E-state index contributed by atoms with van der Waals surface area (Å²) < 4.78 is 0. The summed E-state index contributed by atoms with van der Waals surface area (Å²) in [5.41, 5.74) is 3.67. The molecule has 0 aliphatic carbocycles. The molecule has 3 aromatic rings. The molecule has 2 atom stereocenters. The van der Waals surface area contributed by atoms with Crippen LogP contribution in [0.25, 0.3) is 0 Å². The molecule has 0 spiro atoms. The third-order valence-electron chi connectivity index (χ3n) is 4.81. The molecule has 3 nitrogen and oxygen atoms in total. The number of amides is 1. The zero-order chi connectivity index (χ0) is 19.1. The zero-order valence-electron chi connectivity index (χ0n) is 15.9. The molecule has 3 N–H and O–H groups in total. The van der Waals surface area contributed by atoms with Crippen LogP contribution in [0.4, 0.5) is 0 Å². The van der Waals surface area contributed by atoms with Gasteiger partial charge in [-0.1, -0.05) is 67.6 Å². The third-order valence-corrected chi connectivity index (χ3v) is 5.77. The van der Waals surface area contributed by atoms with Crippen LogP contribution in [0, 0.1) is 0 Å². The summed E-state index contributed by atoms with van der Waals surface area (Å²) in [5.74, 6) is 0.0551. The maximum absolute atomic E-state index is 12.5. The van der Waals surface area contributed by atoms with Crippen molar-refractivity contribution < 1.29 is 10.1 Å². The average molecular weight is 380 g/mol. The Morgan fingerprint density at radius 1 is 1.00 bits per heavy atom. The Kier molecular flexibility index (Phi) is 6.80. The summed E-state index contributed by atoms with van der Waals surface area (Å²) in [6.07, 6.45) is 1.03. The van der Waals surface area contributed by atoms with E-state index in [2.05, 4.69) is 71.5 Å². The van der Waals surface area contributed by atoms with Crippen LogP contribution >= 0.6 is 11.3 Å². The predicted molar refractivity (Wildman–Crippen MR) is 112 cm³/mol. The van der Waals surface area contributed by atoms with E-state index in [4.69, 9.17) is 0 Å². The van der Waals surface area contributed by atoms with E-state index >= 15 is 0 Å². The van der Waals surface area contributed by atoms with Crippen LogP contribution in [-0.4, -0.2) is 12.5 Å². The molecular formula is C23H27N2OS+. The number of aryl methyl sites for hydroxylation is 1. The lowest BCUT2D eigenvalue weighted by atomic mass is 10.0. The summed E-state index contributed by atoms with van der Waals surface area (Å²) in [7, 11) is 0. The normalized spacial score (nSPS) is 13.1. The number of nitrogens with two attached hydrogens (primary N) is 1. The second kappa shape index (κ2) is 9.49. The van der Waals surface area contributed by atoms with Gasteiger partial charge in [0.05, 0.1) is 10.9 Å². The highest BCUT2D eigenvalue weighted by molar-refractivity contribution is 7.10. The van der Waals surface area contributed by atoms with Gasteiger partial charge >= 0.3 is 0 Å². The molecule has 0 fully saturated rings. The number of thiophene rings is 1. The number of benzene rings is 2. The Balaban J connectivity index is 1.60. The van der Waals surface area contributed by atoms with Gasteiger partial charge in [-0.2, -0.15) is 0 Å². The Hall–Kier alpha value is -2.43. The van der Waals surface area contributed by atoms with Gasteiger partial charge in [0, 0.05) is 5.56 Å². The molecule has 0 saturated carbocycles. The molecule has 0 bridgehead atoms. The minimum Gasteiger partial charge on any atom is -0.345 e. The number of rotatable bonds is 8. The molecule has 3 rings (SSSR count). The molecule has 0 unspecified atom stereocenters. The fourth-order valence-corrected chi connectivity index (χ4v) is 4.05. The molecule has 2 aromatic carbocycles. The van der Waals surface area contributed by atoms with Gasteiger partial charge in [0.15, 0.2) is 6.54 Å². The molecular weight excluding hydrogens is 352 g/mol. The van der Waals surface area contributed by atoms with Gasteiger partial charge in [0.1, 0.15) is 6.04 Å². The van der Waals surface area contributed by atoms with E-state index in [0.29, 0.717) is 6.54 Å². The molecule has 0 radical (unpaired) electrons. The number of carbonyl (C=O) groups is 1. The summed E-state index contributed by atoms with van der Waals surface area (Å²) in [4.78, 5) is 13.8. The number of nitrogens with one attached hydrogen (secondary N) is 1. The first kappa shape index (κ1) is 19.3. The minimum atomic E-state index is 0.00807. The minimum absolute atomic E-state index is 0.00807. The smallest absolute Gasteiger partial charge is 0.275 e. The van der Waals surface area contributed by atoms with Crippen LogP contribution in [-0.2, 0) is 11.2 Å². The number of carbonyl (C=O) groups excluding carboxylic acids is 1. The van der Waals surface area contributed by atoms with Gasteiger partial charge < -0.3 is 10.6 Å². The highest BCUT2D eigenvalue weighted by Crippen LogP contribution is 2.22. The van der Waals surface area contributed by atoms with E-state index in [1.807, 2.05) is 25.1 Å². The summed E-state index contributed by atoms with van der Waals surface area (Å²) in [5, 5.41) is 7.32. The van der Waals surface area contributed by atoms with Crippen molar-refractivity contribution in [2.24, 2.45) is 0 Å². The average Bonchev–Trinajstić information content (AvgIpc) is 3.23. The number of hydrogen-bond acceptors (Lipinski definition) is 2. The van der Waals surface area contributed by atoms with Crippen LogP contribution in [0.5, 0.6) is 0 Å². The van der Waals surface area contributed by atoms with Crippen molar-refractivity contribution in [1.29, 1.82) is 0 Å². The zero-order valence-corrected chi connectivity index (χ0v) is 16.7. The van der Waals surface area contributed by atoms with Crippen molar-refractivity contribution in [2.75, 3.05) is 6.54 Å². The van der Waals surface area contributed by atoms with Gasteiger partial charge in [-0.15, -0.1) is 11.3 Å². The van der Waals surface area contributed by atoms with Gasteiger partial charge in [-0.25, -0.2) is 0 Å². The van der Waals surface area contributed by atoms with Crippen molar-refractivity contribution in [3.05, 3.63) is 93.7 Å². The van der Waals surface area contributed by atoms with Gasteiger partial charge in [0.2, 0.25) is 0 Å². The maximum atomic E-state index is 12.5. The third kappa shape index (κ3) is 5.28. The van der Waals surface area contributed by atoms with E-state index in [-0.39, 0.29) is 18.0 Å². The second-order valence-corrected chi connectivity index (χ2v) is 7.71. The SMILES string of the molecule is CCc1ccc([C@H](C)NC(=O)C[NH2+][C@@H](c2ccccc2)c2cccs2)cc1. The molecule has 1 aromatic heterocycles. The van der Waals surface area contributed by atoms with Crippen molar-refractivity contribution in [3.8, 4) is 0 Å². The molecule has 0 aliphatic heterocycles. The molecule has 1 amide bonds. The van der Waals surface area contributed by atoms with Gasteiger partial charge in [-0.05, 0) is 35.9 Å². The largest absolute Gasteiger partial charge is 0.345 e. The topological polar surface area (TPSA) is 45.7 Å². The predicted octanol–water partition coefficient (Wildman–Crippen LogP) is 3.84. The molecule has 1 heterocycles. The molecule has 27 heavy (non-hydrogen) atoms. The molecule has 4 heteroatoms. The first-order valence-electron chi connectivity index (χ1n) is 9.47. The van der Waals surface area contributed by atoms with E-state index in [1.54, 1.807) is 11.3 Å². The summed E-state index contributed by atoms with van der Waals surface area (Å²) >= 11 is 1.73. The Labute approximate surface area is 165 Å². The van der Waals surface area contributed by atoms with E-state index < -0.39 is 0 Å². The van der Waals surface area contributed by atoms with Crippen LogP contribution in [0.2, 0.25) is 0 Å². The van der Waals surface area contributed by atoms with Crippen LogP contribution < -0.4 is 10.6 Å². The van der Waals surface area contributed by atoms with E-state index in [1.165, 1.54) is 16.0 Å². The van der Waals surface area contributed by atoms with Gasteiger partial charge in [-0.3, -0.25) is 4.79 Å². The van der Waals surface area contributed by atoms with Crippen molar-refractivity contribution in [2.45, 2.75) is 32.4 Å². The van der Waals surface area contributed by atoms with Gasteiger partial charge in [0.25, 0.3) is 5.91 Å².